The summed E-state index contributed by atoms with van der Waals surface area (Å²) in [7, 11) is 1.65. The SMILES string of the molecule is COc1ccccc1CNCCNC(=O)Oc1sccc1Nc1ccnc2[nH]ccc12. The van der Waals surface area contributed by atoms with Crippen LogP contribution in [0.2, 0.25) is 0 Å². The molecule has 4 aromatic rings. The van der Waals surface area contributed by atoms with Crippen LogP contribution in [-0.2, 0) is 6.54 Å². The Balaban J connectivity index is 1.25. The molecule has 0 aliphatic rings. The zero-order chi connectivity index (χ0) is 21.5. The molecule has 0 spiro atoms. The van der Waals surface area contributed by atoms with Crippen LogP contribution in [0.5, 0.6) is 10.8 Å². The van der Waals surface area contributed by atoms with Crippen LogP contribution < -0.4 is 25.4 Å². The van der Waals surface area contributed by atoms with E-state index in [4.69, 9.17) is 9.47 Å². The molecule has 3 aromatic heterocycles. The molecule has 8 nitrogen and oxygen atoms in total. The average molecular weight is 438 g/mol. The minimum absolute atomic E-state index is 0.441. The highest BCUT2D eigenvalue weighted by Gasteiger charge is 2.12. The normalized spacial score (nSPS) is 10.7. The number of H-pyrrole nitrogens is 1. The number of hydrogen-bond donors (Lipinski definition) is 4. The van der Waals surface area contributed by atoms with Crippen molar-refractivity contribution < 1.29 is 14.3 Å². The number of carbonyl (C=O) groups excluding carboxylic acids is 1. The number of amides is 1. The second-order valence-corrected chi connectivity index (χ2v) is 7.53. The van der Waals surface area contributed by atoms with Crippen LogP contribution in [-0.4, -0.2) is 36.3 Å². The number of hydrogen-bond acceptors (Lipinski definition) is 7. The number of nitrogens with zero attached hydrogens (tertiary/aromatic N) is 1. The number of ether oxygens (including phenoxy) is 2. The van der Waals surface area contributed by atoms with Crippen molar-refractivity contribution >= 4 is 39.8 Å². The number of methoxy groups -OCH3 is 1. The highest BCUT2D eigenvalue weighted by molar-refractivity contribution is 7.12. The molecule has 0 saturated carbocycles. The molecule has 0 unspecified atom stereocenters. The summed E-state index contributed by atoms with van der Waals surface area (Å²) < 4.78 is 10.8. The number of thiophene rings is 1. The Morgan fingerprint density at radius 1 is 1.13 bits per heavy atom. The molecule has 0 atom stereocenters. The number of rotatable bonds is 9. The number of benzene rings is 1. The summed E-state index contributed by atoms with van der Waals surface area (Å²) >= 11 is 1.35. The molecule has 0 aliphatic carbocycles. The minimum atomic E-state index is -0.494. The fourth-order valence-corrected chi connectivity index (χ4v) is 3.82. The molecule has 1 aromatic carbocycles. The van der Waals surface area contributed by atoms with Crippen molar-refractivity contribution in [1.82, 2.24) is 20.6 Å². The number of carbonyl (C=O) groups is 1. The number of pyridine rings is 1. The summed E-state index contributed by atoms with van der Waals surface area (Å²) in [5.74, 6) is 0.839. The molecule has 0 fully saturated rings. The number of aromatic amines is 1. The molecule has 31 heavy (non-hydrogen) atoms. The van der Waals surface area contributed by atoms with Gasteiger partial charge in [-0.3, -0.25) is 0 Å². The van der Waals surface area contributed by atoms with Crippen molar-refractivity contribution in [3.63, 3.8) is 0 Å². The Kier molecular flexibility index (Phi) is 6.65. The first-order chi connectivity index (χ1) is 15.2. The summed E-state index contributed by atoms with van der Waals surface area (Å²) in [6.07, 6.45) is 3.06. The van der Waals surface area contributed by atoms with Gasteiger partial charge in [0.2, 0.25) is 5.06 Å². The van der Waals surface area contributed by atoms with E-state index >= 15 is 0 Å². The van der Waals surface area contributed by atoms with Gasteiger partial charge in [-0.05, 0) is 29.6 Å². The van der Waals surface area contributed by atoms with Gasteiger partial charge in [-0.1, -0.05) is 18.2 Å². The van der Waals surface area contributed by atoms with Gasteiger partial charge in [-0.15, -0.1) is 11.3 Å². The Labute approximate surface area is 183 Å². The van der Waals surface area contributed by atoms with Crippen LogP contribution in [0.25, 0.3) is 11.0 Å². The van der Waals surface area contributed by atoms with Crippen LogP contribution in [0.15, 0.2) is 60.2 Å². The van der Waals surface area contributed by atoms with Crippen LogP contribution in [0, 0.1) is 0 Å². The van der Waals surface area contributed by atoms with Gasteiger partial charge in [0.05, 0.1) is 18.5 Å². The van der Waals surface area contributed by atoms with E-state index in [0.29, 0.717) is 24.7 Å². The van der Waals surface area contributed by atoms with E-state index in [1.807, 2.05) is 54.0 Å². The van der Waals surface area contributed by atoms with Crippen molar-refractivity contribution in [2.75, 3.05) is 25.5 Å². The van der Waals surface area contributed by atoms with E-state index in [9.17, 15) is 4.79 Å². The van der Waals surface area contributed by atoms with Gasteiger partial charge < -0.3 is 30.4 Å². The maximum absolute atomic E-state index is 12.2. The number of fused-ring (bicyclic) bond motifs is 1. The number of anilines is 2. The average Bonchev–Trinajstić information content (AvgIpc) is 3.44. The van der Waals surface area contributed by atoms with Gasteiger partial charge >= 0.3 is 6.09 Å². The quantitative estimate of drug-likeness (QED) is 0.292. The summed E-state index contributed by atoms with van der Waals surface area (Å²) in [5.41, 5.74) is 3.47. The van der Waals surface area contributed by atoms with Crippen molar-refractivity contribution in [1.29, 1.82) is 0 Å². The van der Waals surface area contributed by atoms with Crippen LogP contribution in [0.4, 0.5) is 16.2 Å². The fraction of sp³-hybridized carbons (Fsp3) is 0.182. The molecule has 4 rings (SSSR count). The Hall–Kier alpha value is -3.56. The predicted octanol–water partition coefficient (Wildman–Crippen LogP) is 4.25. The van der Waals surface area contributed by atoms with E-state index in [0.717, 1.165) is 33.7 Å². The molecule has 0 bridgehead atoms. The Morgan fingerprint density at radius 3 is 2.94 bits per heavy atom. The van der Waals surface area contributed by atoms with Gasteiger partial charge in [0.25, 0.3) is 0 Å². The van der Waals surface area contributed by atoms with Gasteiger partial charge in [0, 0.05) is 43.0 Å². The zero-order valence-corrected chi connectivity index (χ0v) is 17.8. The van der Waals surface area contributed by atoms with Crippen LogP contribution >= 0.6 is 11.3 Å². The first kappa shape index (κ1) is 20.7. The molecular weight excluding hydrogens is 414 g/mol. The van der Waals surface area contributed by atoms with Gasteiger partial charge in [-0.2, -0.15) is 0 Å². The van der Waals surface area contributed by atoms with E-state index in [-0.39, 0.29) is 0 Å². The molecule has 3 heterocycles. The lowest BCUT2D eigenvalue weighted by Crippen LogP contribution is -2.33. The smallest absolute Gasteiger partial charge is 0.413 e. The maximum Gasteiger partial charge on any atom is 0.413 e. The molecule has 9 heteroatoms. The summed E-state index contributed by atoms with van der Waals surface area (Å²) in [6.45, 7) is 1.70. The number of para-hydroxylation sites is 1. The standard InChI is InChI=1S/C22H23N5O3S/c1-29-19-5-3-2-4-15(19)14-23-11-12-26-22(28)30-21-18(8-13-31-21)27-17-7-10-25-20-16(17)6-9-24-20/h2-10,13,23H,11-12,14H2,1H3,(H,26,28)(H2,24,25,27). The lowest BCUT2D eigenvalue weighted by molar-refractivity contribution is 0.202. The third kappa shape index (κ3) is 5.14. The molecule has 4 N–H and O–H groups in total. The molecule has 0 saturated heterocycles. The summed E-state index contributed by atoms with van der Waals surface area (Å²) in [4.78, 5) is 19.6. The molecule has 1 amide bonds. The highest BCUT2D eigenvalue weighted by Crippen LogP contribution is 2.35. The Bertz CT molecular complexity index is 1160. The maximum atomic E-state index is 12.2. The third-order valence-electron chi connectivity index (χ3n) is 4.62. The molecule has 0 aliphatic heterocycles. The van der Waals surface area contributed by atoms with E-state index in [2.05, 4.69) is 25.9 Å². The Morgan fingerprint density at radius 2 is 2.03 bits per heavy atom. The lowest BCUT2D eigenvalue weighted by atomic mass is 10.2. The first-order valence-electron chi connectivity index (χ1n) is 9.79. The number of nitrogens with one attached hydrogen (secondary N) is 4. The minimum Gasteiger partial charge on any atom is -0.496 e. The molecular formula is C22H23N5O3S. The van der Waals surface area contributed by atoms with Crippen LogP contribution in [0.1, 0.15) is 5.56 Å². The largest absolute Gasteiger partial charge is 0.496 e. The van der Waals surface area contributed by atoms with Gasteiger partial charge in [0.15, 0.2) is 0 Å². The summed E-state index contributed by atoms with van der Waals surface area (Å²) in [6, 6.07) is 13.5. The van der Waals surface area contributed by atoms with Crippen molar-refractivity contribution in [3.8, 4) is 10.8 Å². The lowest BCUT2D eigenvalue weighted by Gasteiger charge is -2.11. The first-order valence-corrected chi connectivity index (χ1v) is 10.7. The molecule has 160 valence electrons. The zero-order valence-electron chi connectivity index (χ0n) is 17.0. The monoisotopic (exact) mass is 437 g/mol. The third-order valence-corrected chi connectivity index (χ3v) is 5.41. The van der Waals surface area contributed by atoms with Crippen molar-refractivity contribution in [3.05, 3.63) is 65.8 Å². The van der Waals surface area contributed by atoms with E-state index in [1.54, 1.807) is 13.3 Å². The summed E-state index contributed by atoms with van der Waals surface area (Å²) in [5, 5.41) is 12.7. The molecule has 0 radical (unpaired) electrons. The van der Waals surface area contributed by atoms with Crippen molar-refractivity contribution in [2.45, 2.75) is 6.54 Å². The van der Waals surface area contributed by atoms with Crippen LogP contribution in [0.3, 0.4) is 0 Å². The second kappa shape index (κ2) is 9.96. The fourth-order valence-electron chi connectivity index (χ4n) is 3.13. The van der Waals surface area contributed by atoms with Gasteiger partial charge in [0.1, 0.15) is 11.4 Å². The van der Waals surface area contributed by atoms with Gasteiger partial charge in [-0.25, -0.2) is 9.78 Å². The predicted molar refractivity (Wildman–Crippen MR) is 122 cm³/mol. The number of aromatic nitrogens is 2. The second-order valence-electron chi connectivity index (χ2n) is 6.65. The van der Waals surface area contributed by atoms with E-state index < -0.39 is 6.09 Å². The van der Waals surface area contributed by atoms with E-state index in [1.165, 1.54) is 11.3 Å². The topological polar surface area (TPSA) is 100 Å². The highest BCUT2D eigenvalue weighted by atomic mass is 32.1. The van der Waals surface area contributed by atoms with Crippen molar-refractivity contribution in [2.24, 2.45) is 0 Å².